The Morgan fingerprint density at radius 1 is 0.617 bits per heavy atom. The summed E-state index contributed by atoms with van der Waals surface area (Å²) in [5, 5.41) is 113. The van der Waals surface area contributed by atoms with Crippen LogP contribution in [0.5, 0.6) is 0 Å². The minimum Gasteiger partial charge on any atom is -0.394 e. The van der Waals surface area contributed by atoms with Gasteiger partial charge in [0.15, 0.2) is 12.6 Å². The van der Waals surface area contributed by atoms with Crippen LogP contribution in [0.1, 0.15) is 246 Å². The van der Waals surface area contributed by atoms with Crippen molar-refractivity contribution in [1.82, 2.24) is 10.6 Å². The first-order valence-electron chi connectivity index (χ1n) is 32.2. The monoisotopic (exact) mass is 1160 g/mol. The maximum absolute atomic E-state index is 13.4. The van der Waals surface area contributed by atoms with E-state index in [1.165, 1.54) is 162 Å². The van der Waals surface area contributed by atoms with Crippen molar-refractivity contribution in [2.75, 3.05) is 26.4 Å². The summed E-state index contributed by atoms with van der Waals surface area (Å²) in [5.74, 6) is -4.11. The molecule has 6 unspecified atom stereocenters. The molecule has 3 rings (SSSR count). The van der Waals surface area contributed by atoms with Crippen LogP contribution in [0.25, 0.3) is 0 Å². The van der Waals surface area contributed by atoms with Gasteiger partial charge in [-0.1, -0.05) is 213 Å². The lowest BCUT2D eigenvalue weighted by molar-refractivity contribution is -0.427. The molecular weight excluding hydrogens is 1050 g/mol. The fourth-order valence-corrected chi connectivity index (χ4v) is 11.4. The van der Waals surface area contributed by atoms with E-state index in [-0.39, 0.29) is 12.5 Å². The molecule has 0 aromatic carbocycles. The lowest BCUT2D eigenvalue weighted by Crippen LogP contribution is -2.68. The van der Waals surface area contributed by atoms with Gasteiger partial charge in [-0.05, 0) is 12.8 Å². The van der Waals surface area contributed by atoms with Gasteiger partial charge in [-0.2, -0.15) is 0 Å². The maximum Gasteiger partial charge on any atom is 0.283 e. The van der Waals surface area contributed by atoms with Gasteiger partial charge in [-0.3, -0.25) is 9.59 Å². The third kappa shape index (κ3) is 28.6. The SMILES string of the molecule is CCCCCCCCCCCCCCCCCCCCCCCC(=O)NC(CCCCCCCCCCCC)CO[C@@H]1OC(CO)[C@@H](O[C@@H]2OC(CO[C@]3(O)C[C@@H](O)[C@@H](C)C([C@H](O)[C@H](O)CO)O3)[C@H](O)[C@H](O)C2O)[C@H](O)C1NC(C)=O. The molecule has 17 atom stereocenters. The lowest BCUT2D eigenvalue weighted by atomic mass is 9.87. The van der Waals surface area contributed by atoms with Crippen molar-refractivity contribution in [2.24, 2.45) is 5.92 Å². The molecule has 3 fully saturated rings. The van der Waals surface area contributed by atoms with E-state index in [0.717, 1.165) is 51.4 Å². The van der Waals surface area contributed by atoms with Crippen molar-refractivity contribution >= 4 is 11.8 Å². The van der Waals surface area contributed by atoms with Crippen LogP contribution in [-0.2, 0) is 38.0 Å². The van der Waals surface area contributed by atoms with Crippen LogP contribution in [0.3, 0.4) is 0 Å². The molecule has 2 amide bonds. The first-order chi connectivity index (χ1) is 39.0. The summed E-state index contributed by atoms with van der Waals surface area (Å²) in [6, 6.07) is -1.73. The second kappa shape index (κ2) is 43.0. The minimum absolute atomic E-state index is 0.0381. The zero-order chi connectivity index (χ0) is 59.4. The predicted octanol–water partition coefficient (Wildman–Crippen LogP) is 6.34. The molecule has 3 saturated heterocycles. The molecule has 20 heteroatoms. The number of aliphatic hydroxyl groups is 10. The quantitative estimate of drug-likeness (QED) is 0.0234. The normalized spacial score (nSPS) is 30.0. The molecule has 0 spiro atoms. The summed E-state index contributed by atoms with van der Waals surface area (Å²) in [6.07, 6.45) is 17.6. The Morgan fingerprint density at radius 3 is 1.56 bits per heavy atom. The zero-order valence-electron chi connectivity index (χ0n) is 50.3. The van der Waals surface area contributed by atoms with E-state index in [4.69, 9.17) is 28.4 Å². The average molecular weight is 1170 g/mol. The van der Waals surface area contributed by atoms with E-state index in [9.17, 15) is 60.7 Å². The fourth-order valence-electron chi connectivity index (χ4n) is 11.4. The number of carbonyl (C=O) groups is 2. The molecule has 0 aliphatic carbocycles. The topological polar surface area (TPSA) is 316 Å². The van der Waals surface area contributed by atoms with Gasteiger partial charge in [0.2, 0.25) is 11.8 Å². The first kappa shape index (κ1) is 73.6. The number of nitrogens with one attached hydrogen (secondary N) is 2. The van der Waals surface area contributed by atoms with Crippen molar-refractivity contribution in [3.05, 3.63) is 0 Å². The average Bonchev–Trinajstić information content (AvgIpc) is 3.57. The Kier molecular flexibility index (Phi) is 39.1. The molecular formula is C61H116N2O18. The standard InChI is InChI=1S/C61H116N2O18/c1-5-7-9-11-13-15-17-18-19-20-21-22-23-24-25-26-27-29-31-33-35-37-50(69)63-45(36-34-32-30-28-16-14-12-10-8-6-2)41-76-59-51(62-44(4)66)54(72)58(48(40-65)78-59)80-60-56(74)55(73)53(71)49(79-60)42-77-61(75)38-46(67)43(3)57(81-61)52(70)47(68)39-64/h43,45-49,51-60,64-65,67-68,70-75H,5-42H2,1-4H3,(H,62,66)(H,63,69)/t43-,45?,46-,47-,48?,49?,51?,52-,53+,54-,55+,56?,57?,58-,59-,60+,61-/m1/s1. The van der Waals surface area contributed by atoms with Crippen LogP contribution in [0, 0.1) is 5.92 Å². The van der Waals surface area contributed by atoms with Gasteiger partial charge < -0.3 is 90.1 Å². The lowest BCUT2D eigenvalue weighted by Gasteiger charge is -2.48. The number of hydrogen-bond donors (Lipinski definition) is 12. The second-order valence-electron chi connectivity index (χ2n) is 23.9. The molecule has 478 valence electrons. The maximum atomic E-state index is 13.4. The summed E-state index contributed by atoms with van der Waals surface area (Å²) in [6.45, 7) is 4.80. The van der Waals surface area contributed by atoms with Crippen molar-refractivity contribution in [3.63, 3.8) is 0 Å². The molecule has 81 heavy (non-hydrogen) atoms. The van der Waals surface area contributed by atoms with Gasteiger partial charge in [-0.15, -0.1) is 0 Å². The van der Waals surface area contributed by atoms with Gasteiger partial charge in [-0.25, -0.2) is 0 Å². The van der Waals surface area contributed by atoms with Crippen LogP contribution in [0.4, 0.5) is 0 Å². The van der Waals surface area contributed by atoms with Gasteiger partial charge in [0.05, 0.1) is 51.1 Å². The molecule has 0 aromatic heterocycles. The van der Waals surface area contributed by atoms with Gasteiger partial charge in [0.25, 0.3) is 5.97 Å². The zero-order valence-corrected chi connectivity index (χ0v) is 50.3. The smallest absolute Gasteiger partial charge is 0.283 e. The Morgan fingerprint density at radius 2 is 1.09 bits per heavy atom. The second-order valence-corrected chi connectivity index (χ2v) is 23.9. The highest BCUT2D eigenvalue weighted by Crippen LogP contribution is 2.36. The summed E-state index contributed by atoms with van der Waals surface area (Å²) in [4.78, 5) is 26.0. The molecule has 20 nitrogen and oxygen atoms in total. The van der Waals surface area contributed by atoms with Crippen LogP contribution in [0.15, 0.2) is 0 Å². The molecule has 3 heterocycles. The van der Waals surface area contributed by atoms with E-state index in [1.807, 2.05) is 0 Å². The summed E-state index contributed by atoms with van der Waals surface area (Å²) in [7, 11) is 0. The van der Waals surface area contributed by atoms with Crippen LogP contribution < -0.4 is 10.6 Å². The van der Waals surface area contributed by atoms with Gasteiger partial charge in [0.1, 0.15) is 61.0 Å². The Hall–Kier alpha value is -1.70. The van der Waals surface area contributed by atoms with E-state index in [1.54, 1.807) is 0 Å². The number of carbonyl (C=O) groups excluding carboxylic acids is 2. The van der Waals surface area contributed by atoms with Crippen LogP contribution in [0.2, 0.25) is 0 Å². The molecule has 0 saturated carbocycles. The summed E-state index contributed by atoms with van der Waals surface area (Å²) < 4.78 is 35.3. The van der Waals surface area contributed by atoms with Gasteiger partial charge in [0, 0.05) is 19.3 Å². The van der Waals surface area contributed by atoms with Crippen molar-refractivity contribution in [3.8, 4) is 0 Å². The molecule has 0 aromatic rings. The predicted molar refractivity (Wildman–Crippen MR) is 307 cm³/mol. The largest absolute Gasteiger partial charge is 0.394 e. The van der Waals surface area contributed by atoms with E-state index >= 15 is 0 Å². The number of aliphatic hydroxyl groups excluding tert-OH is 9. The fraction of sp³-hybridized carbons (Fsp3) is 0.967. The first-order valence-corrected chi connectivity index (χ1v) is 32.2. The Labute approximate surface area is 486 Å². The number of rotatable bonds is 47. The third-order valence-electron chi connectivity index (χ3n) is 16.7. The van der Waals surface area contributed by atoms with Crippen molar-refractivity contribution in [1.29, 1.82) is 0 Å². The van der Waals surface area contributed by atoms with Crippen LogP contribution in [-0.4, -0.2) is 187 Å². The highest BCUT2D eigenvalue weighted by Gasteiger charge is 2.53. The van der Waals surface area contributed by atoms with E-state index in [2.05, 4.69) is 24.5 Å². The molecule has 0 bridgehead atoms. The highest BCUT2D eigenvalue weighted by molar-refractivity contribution is 5.76. The van der Waals surface area contributed by atoms with Gasteiger partial charge >= 0.3 is 0 Å². The van der Waals surface area contributed by atoms with Crippen LogP contribution >= 0.6 is 0 Å². The molecule has 12 N–H and O–H groups in total. The third-order valence-corrected chi connectivity index (χ3v) is 16.7. The Balaban J connectivity index is 1.52. The van der Waals surface area contributed by atoms with Crippen molar-refractivity contribution < 1.29 is 89.1 Å². The number of hydrogen-bond acceptors (Lipinski definition) is 18. The molecule has 3 aliphatic heterocycles. The number of ether oxygens (including phenoxy) is 6. The Bertz CT molecular complexity index is 1590. The minimum atomic E-state index is -2.62. The summed E-state index contributed by atoms with van der Waals surface area (Å²) in [5.41, 5.74) is 0. The van der Waals surface area contributed by atoms with E-state index in [0.29, 0.717) is 12.8 Å². The summed E-state index contributed by atoms with van der Waals surface area (Å²) >= 11 is 0. The highest BCUT2D eigenvalue weighted by atomic mass is 16.8. The number of unbranched alkanes of at least 4 members (excludes halogenated alkanes) is 29. The molecule has 0 radical (unpaired) electrons. The molecule has 3 aliphatic rings. The number of amides is 2. The van der Waals surface area contributed by atoms with E-state index < -0.39 is 136 Å². The van der Waals surface area contributed by atoms with Crippen molar-refractivity contribution in [2.45, 2.75) is 344 Å².